The summed E-state index contributed by atoms with van der Waals surface area (Å²) in [5.41, 5.74) is 2.81. The fourth-order valence-electron chi connectivity index (χ4n) is 5.12. The van der Waals surface area contributed by atoms with Crippen LogP contribution in [0.25, 0.3) is 28.0 Å². The zero-order valence-electron chi connectivity index (χ0n) is 21.0. The van der Waals surface area contributed by atoms with E-state index >= 15 is 0 Å². The van der Waals surface area contributed by atoms with Gasteiger partial charge in [0.1, 0.15) is 11.9 Å². The molecule has 0 bridgehead atoms. The van der Waals surface area contributed by atoms with Crippen molar-refractivity contribution in [1.82, 2.24) is 19.6 Å². The summed E-state index contributed by atoms with van der Waals surface area (Å²) in [4.78, 5) is 23.2. The third-order valence-electron chi connectivity index (χ3n) is 6.87. The number of nitrogens with zero attached hydrogens (tertiary/aromatic N) is 4. The number of halogens is 2. The van der Waals surface area contributed by atoms with E-state index in [2.05, 4.69) is 41.9 Å². The van der Waals surface area contributed by atoms with Crippen molar-refractivity contribution in [1.29, 1.82) is 0 Å². The Kier molecular flexibility index (Phi) is 5.86. The fourth-order valence-corrected chi connectivity index (χ4v) is 6.21. The van der Waals surface area contributed by atoms with E-state index in [1.807, 2.05) is 48.5 Å². The Morgan fingerprint density at radius 1 is 0.950 bits per heavy atom. The fraction of sp³-hybridized carbons (Fsp3) is 0.103. The van der Waals surface area contributed by atoms with Crippen LogP contribution in [0.2, 0.25) is 0 Å². The number of hydrogen-bond donors (Lipinski definition) is 0. The molecule has 3 aromatic heterocycles. The van der Waals surface area contributed by atoms with Gasteiger partial charge >= 0.3 is 5.63 Å². The van der Waals surface area contributed by atoms with Gasteiger partial charge in [0.05, 0.1) is 41.1 Å². The summed E-state index contributed by atoms with van der Waals surface area (Å²) in [6.07, 6.45) is 1.56. The van der Waals surface area contributed by atoms with E-state index in [-0.39, 0.29) is 0 Å². The van der Waals surface area contributed by atoms with Gasteiger partial charge in [0, 0.05) is 10.0 Å². The maximum absolute atomic E-state index is 13.7. The van der Waals surface area contributed by atoms with Crippen LogP contribution < -0.4 is 19.8 Å². The highest BCUT2D eigenvalue weighted by atomic mass is 79.9. The molecule has 0 fully saturated rings. The summed E-state index contributed by atoms with van der Waals surface area (Å²) in [6.45, 7) is 0. The third-order valence-corrected chi connectivity index (χ3v) is 8.15. The Labute approximate surface area is 243 Å². The molecule has 1 aliphatic heterocycles. The van der Waals surface area contributed by atoms with Crippen molar-refractivity contribution in [2.75, 3.05) is 14.2 Å². The lowest BCUT2D eigenvalue weighted by atomic mass is 9.84. The van der Waals surface area contributed by atoms with Crippen molar-refractivity contribution in [2.45, 2.75) is 5.92 Å². The maximum Gasteiger partial charge on any atom is 0.344 e. The van der Waals surface area contributed by atoms with E-state index in [9.17, 15) is 4.79 Å². The highest BCUT2D eigenvalue weighted by molar-refractivity contribution is 9.11. The summed E-state index contributed by atoms with van der Waals surface area (Å²) in [5, 5.41) is 5.35. The molecule has 9 nitrogen and oxygen atoms in total. The molecule has 6 aromatic rings. The Hall–Kier alpha value is -4.22. The smallest absolute Gasteiger partial charge is 0.344 e. The van der Waals surface area contributed by atoms with Crippen LogP contribution in [0.15, 0.2) is 85.1 Å². The van der Waals surface area contributed by atoms with E-state index in [1.54, 1.807) is 37.2 Å². The van der Waals surface area contributed by atoms with Crippen LogP contribution in [-0.2, 0) is 0 Å². The van der Waals surface area contributed by atoms with Crippen molar-refractivity contribution < 1.29 is 18.6 Å². The number of benzene rings is 3. The molecular weight excluding hydrogens is 644 g/mol. The Balaban J connectivity index is 1.57. The first-order chi connectivity index (χ1) is 19.5. The minimum atomic E-state index is -0.678. The average Bonchev–Trinajstić information content (AvgIpc) is 3.40. The lowest BCUT2D eigenvalue weighted by Gasteiger charge is -2.28. The molecular formula is C29H18Br2N4O5. The quantitative estimate of drug-likeness (QED) is 0.192. The molecule has 0 saturated carbocycles. The molecule has 0 saturated heterocycles. The first-order valence-electron chi connectivity index (χ1n) is 12.1. The van der Waals surface area contributed by atoms with E-state index in [1.165, 1.54) is 0 Å². The summed E-state index contributed by atoms with van der Waals surface area (Å²) in [6, 6.07) is 18.7. The summed E-state index contributed by atoms with van der Waals surface area (Å²) in [7, 11) is 3.12. The number of aromatic nitrogens is 4. The van der Waals surface area contributed by atoms with E-state index < -0.39 is 11.5 Å². The van der Waals surface area contributed by atoms with Crippen LogP contribution >= 0.6 is 31.9 Å². The standard InChI is InChI=1S/C29H18Br2N4O5/c1-37-20-12-14(11-18(31)25(20)38-2)21-22-24(16-8-4-6-10-19(16)39-29(22)36)40-28-23(21)27-33-26(34-35(27)13-32-28)15-7-3-5-9-17(15)30/h3-13,21H,1-2H3. The topological polar surface area (TPSA) is 101 Å². The normalized spacial score (nSPS) is 14.1. The number of ether oxygens (including phenoxy) is 3. The number of rotatable bonds is 4. The van der Waals surface area contributed by atoms with Crippen LogP contribution in [0, 0.1) is 0 Å². The molecule has 7 rings (SSSR count). The van der Waals surface area contributed by atoms with Crippen LogP contribution in [0.1, 0.15) is 22.6 Å². The molecule has 0 aliphatic carbocycles. The molecule has 3 aromatic carbocycles. The highest BCUT2D eigenvalue weighted by Crippen LogP contribution is 2.51. The molecule has 0 spiro atoms. The van der Waals surface area contributed by atoms with Crippen LogP contribution in [0.3, 0.4) is 0 Å². The molecule has 0 amide bonds. The molecule has 1 aliphatic rings. The van der Waals surface area contributed by atoms with Gasteiger partial charge in [-0.15, -0.1) is 5.10 Å². The summed E-state index contributed by atoms with van der Waals surface area (Å²) in [5.74, 6) is 1.53. The second kappa shape index (κ2) is 9.46. The molecule has 0 N–H and O–H groups in total. The van der Waals surface area contributed by atoms with Crippen molar-refractivity contribution in [2.24, 2.45) is 0 Å². The lowest BCUT2D eigenvalue weighted by molar-refractivity contribution is 0.352. The predicted octanol–water partition coefficient (Wildman–Crippen LogP) is 6.73. The minimum Gasteiger partial charge on any atom is -0.493 e. The molecule has 40 heavy (non-hydrogen) atoms. The van der Waals surface area contributed by atoms with Gasteiger partial charge in [-0.2, -0.15) is 0 Å². The zero-order valence-corrected chi connectivity index (χ0v) is 24.2. The van der Waals surface area contributed by atoms with E-state index in [0.717, 1.165) is 15.6 Å². The van der Waals surface area contributed by atoms with Crippen molar-refractivity contribution in [3.05, 3.63) is 103 Å². The molecule has 1 atom stereocenters. The predicted molar refractivity (Wildman–Crippen MR) is 155 cm³/mol. The molecule has 11 heteroatoms. The Morgan fingerprint density at radius 2 is 1.75 bits per heavy atom. The van der Waals surface area contributed by atoms with Gasteiger partial charge in [-0.05, 0) is 57.9 Å². The van der Waals surface area contributed by atoms with Crippen molar-refractivity contribution >= 4 is 48.5 Å². The first kappa shape index (κ1) is 24.8. The van der Waals surface area contributed by atoms with Gasteiger partial charge in [0.25, 0.3) is 0 Å². The number of hydrogen-bond acceptors (Lipinski definition) is 8. The lowest BCUT2D eigenvalue weighted by Crippen LogP contribution is -2.22. The van der Waals surface area contributed by atoms with Crippen LogP contribution in [-0.4, -0.2) is 33.8 Å². The molecule has 0 radical (unpaired) electrons. The molecule has 1 unspecified atom stereocenters. The summed E-state index contributed by atoms with van der Waals surface area (Å²) >= 11 is 7.20. The minimum absolute atomic E-state index is 0.317. The maximum atomic E-state index is 13.7. The Morgan fingerprint density at radius 3 is 2.55 bits per heavy atom. The van der Waals surface area contributed by atoms with E-state index in [4.69, 9.17) is 23.6 Å². The van der Waals surface area contributed by atoms with Gasteiger partial charge < -0.3 is 18.6 Å². The second-order valence-corrected chi connectivity index (χ2v) is 10.8. The summed E-state index contributed by atoms with van der Waals surface area (Å²) < 4.78 is 26.4. The third kappa shape index (κ3) is 3.72. The second-order valence-electron chi connectivity index (χ2n) is 9.05. The van der Waals surface area contributed by atoms with Crippen molar-refractivity contribution in [3.63, 3.8) is 0 Å². The monoisotopic (exact) mass is 660 g/mol. The Bertz CT molecular complexity index is 2040. The largest absolute Gasteiger partial charge is 0.493 e. The SMILES string of the molecule is COc1cc(C2c3c(c4ccccc4oc3=O)Oc3ncn4nc(-c5ccccc5Br)nc4c32)cc(Br)c1OC. The number of methoxy groups -OCH3 is 2. The van der Waals surface area contributed by atoms with Crippen LogP contribution in [0.5, 0.6) is 23.1 Å². The van der Waals surface area contributed by atoms with Gasteiger partial charge in [0.2, 0.25) is 5.88 Å². The first-order valence-corrected chi connectivity index (χ1v) is 13.7. The molecule has 4 heterocycles. The van der Waals surface area contributed by atoms with Gasteiger partial charge in [-0.25, -0.2) is 19.3 Å². The number of fused-ring (bicyclic) bond motifs is 6. The van der Waals surface area contributed by atoms with Crippen LogP contribution in [0.4, 0.5) is 0 Å². The average molecular weight is 662 g/mol. The van der Waals surface area contributed by atoms with E-state index in [0.29, 0.717) is 61.2 Å². The molecule has 198 valence electrons. The van der Waals surface area contributed by atoms with Crippen molar-refractivity contribution in [3.8, 4) is 34.5 Å². The zero-order chi connectivity index (χ0) is 27.5. The van der Waals surface area contributed by atoms with Gasteiger partial charge in [-0.1, -0.05) is 40.2 Å². The highest BCUT2D eigenvalue weighted by Gasteiger charge is 2.38. The number of para-hydroxylation sites is 1. The van der Waals surface area contributed by atoms with Gasteiger partial charge in [-0.3, -0.25) is 0 Å². The van der Waals surface area contributed by atoms with Gasteiger partial charge in [0.15, 0.2) is 28.7 Å².